The summed E-state index contributed by atoms with van der Waals surface area (Å²) in [5, 5.41) is 0. The average Bonchev–Trinajstić information content (AvgIpc) is 3.21. The molecule has 2 atom stereocenters. The molecule has 2 unspecified atom stereocenters. The van der Waals surface area contributed by atoms with Gasteiger partial charge in [-0.15, -0.1) is 0 Å². The number of hydrogen-bond donors (Lipinski definition) is 0. The summed E-state index contributed by atoms with van der Waals surface area (Å²) in [5.41, 5.74) is 1.08. The number of hydrogen-bond acceptors (Lipinski definition) is 3. The van der Waals surface area contributed by atoms with Crippen LogP contribution in [0.1, 0.15) is 44.2 Å². The van der Waals surface area contributed by atoms with Crippen molar-refractivity contribution in [3.8, 4) is 0 Å². The highest BCUT2D eigenvalue weighted by Gasteiger charge is 2.33. The number of urea groups is 1. The second-order valence-corrected chi connectivity index (χ2v) is 7.17. The van der Waals surface area contributed by atoms with Crippen LogP contribution in [-0.2, 0) is 4.79 Å². The number of amides is 3. The van der Waals surface area contributed by atoms with E-state index in [9.17, 15) is 9.59 Å². The lowest BCUT2D eigenvalue weighted by molar-refractivity contribution is -0.137. The van der Waals surface area contributed by atoms with Crippen LogP contribution in [0, 0.1) is 5.92 Å². The van der Waals surface area contributed by atoms with Crippen LogP contribution >= 0.6 is 0 Å². The molecule has 6 heteroatoms. The monoisotopic (exact) mass is 344 g/mol. The van der Waals surface area contributed by atoms with Crippen LogP contribution in [0.25, 0.3) is 0 Å². The van der Waals surface area contributed by atoms with Gasteiger partial charge in [0.2, 0.25) is 5.91 Å². The zero-order chi connectivity index (χ0) is 17.8. The van der Waals surface area contributed by atoms with Crippen molar-refractivity contribution in [3.63, 3.8) is 0 Å². The maximum atomic E-state index is 13.0. The average molecular weight is 344 g/mol. The number of pyridine rings is 1. The van der Waals surface area contributed by atoms with Crippen LogP contribution in [0.5, 0.6) is 0 Å². The van der Waals surface area contributed by atoms with Gasteiger partial charge in [0.25, 0.3) is 0 Å². The summed E-state index contributed by atoms with van der Waals surface area (Å²) in [6.07, 6.45) is 7.44. The molecule has 25 heavy (non-hydrogen) atoms. The van der Waals surface area contributed by atoms with Gasteiger partial charge < -0.3 is 14.7 Å². The van der Waals surface area contributed by atoms with Crippen molar-refractivity contribution in [1.82, 2.24) is 19.7 Å². The van der Waals surface area contributed by atoms with E-state index in [4.69, 9.17) is 0 Å². The first-order chi connectivity index (χ1) is 12.1. The van der Waals surface area contributed by atoms with Gasteiger partial charge >= 0.3 is 6.03 Å². The topological polar surface area (TPSA) is 56.8 Å². The van der Waals surface area contributed by atoms with Gasteiger partial charge in [0.1, 0.15) is 0 Å². The number of likely N-dealkylation sites (tertiary alicyclic amines) is 2. The molecule has 2 aliphatic rings. The number of aromatic nitrogens is 1. The van der Waals surface area contributed by atoms with Crippen molar-refractivity contribution in [2.45, 2.75) is 38.6 Å². The molecule has 2 aliphatic heterocycles. The van der Waals surface area contributed by atoms with Crippen molar-refractivity contribution in [2.24, 2.45) is 5.92 Å². The van der Waals surface area contributed by atoms with Crippen molar-refractivity contribution >= 4 is 11.9 Å². The van der Waals surface area contributed by atoms with E-state index in [0.717, 1.165) is 50.9 Å². The minimum Gasteiger partial charge on any atom is -0.339 e. The molecule has 2 saturated heterocycles. The molecule has 2 fully saturated rings. The molecule has 0 N–H and O–H groups in total. The predicted octanol–water partition coefficient (Wildman–Crippen LogP) is 2.53. The third-order valence-electron chi connectivity index (χ3n) is 5.53. The molecule has 3 heterocycles. The highest BCUT2D eigenvalue weighted by atomic mass is 16.2. The van der Waals surface area contributed by atoms with Crippen molar-refractivity contribution in [2.75, 3.05) is 33.2 Å². The summed E-state index contributed by atoms with van der Waals surface area (Å²) in [7, 11) is 1.86. The van der Waals surface area contributed by atoms with Crippen molar-refractivity contribution in [1.29, 1.82) is 0 Å². The molecule has 0 spiro atoms. The number of nitrogens with zero attached hydrogens (tertiary/aromatic N) is 4. The van der Waals surface area contributed by atoms with Crippen molar-refractivity contribution < 1.29 is 9.59 Å². The summed E-state index contributed by atoms with van der Waals surface area (Å²) < 4.78 is 0. The van der Waals surface area contributed by atoms with Gasteiger partial charge in [-0.3, -0.25) is 9.78 Å². The van der Waals surface area contributed by atoms with Gasteiger partial charge in [0.05, 0.1) is 12.0 Å². The lowest BCUT2D eigenvalue weighted by Gasteiger charge is -2.37. The third kappa shape index (κ3) is 3.94. The standard InChI is InChI=1S/C19H28N4O2/c1-15(16-7-9-20-10-8-16)21(2)18(24)17-6-5-13-23(14-17)19(25)22-11-3-4-12-22/h7-10,15,17H,3-6,11-14H2,1-2H3. The van der Waals surface area contributed by atoms with E-state index in [1.807, 2.05) is 40.8 Å². The fourth-order valence-corrected chi connectivity index (χ4v) is 3.81. The normalized spacial score (nSPS) is 21.9. The molecule has 1 aromatic heterocycles. The maximum absolute atomic E-state index is 13.0. The lowest BCUT2D eigenvalue weighted by atomic mass is 9.95. The molecule has 3 amide bonds. The van der Waals surface area contributed by atoms with E-state index in [1.54, 1.807) is 12.4 Å². The van der Waals surface area contributed by atoms with Gasteiger partial charge in [-0.25, -0.2) is 4.79 Å². The lowest BCUT2D eigenvalue weighted by Crippen LogP contribution is -2.50. The first kappa shape index (κ1) is 17.7. The van der Waals surface area contributed by atoms with Crippen molar-refractivity contribution in [3.05, 3.63) is 30.1 Å². The highest BCUT2D eigenvalue weighted by Crippen LogP contribution is 2.25. The Hall–Kier alpha value is -2.11. The molecule has 0 saturated carbocycles. The minimum absolute atomic E-state index is 0.000148. The summed E-state index contributed by atoms with van der Waals surface area (Å²) in [6.45, 7) is 5.05. The van der Waals surface area contributed by atoms with Gasteiger partial charge in [-0.05, 0) is 50.3 Å². The molecule has 0 aromatic carbocycles. The number of piperidine rings is 1. The fourth-order valence-electron chi connectivity index (χ4n) is 3.81. The van der Waals surface area contributed by atoms with Crippen LogP contribution in [-0.4, -0.2) is 64.8 Å². The third-order valence-corrected chi connectivity index (χ3v) is 5.53. The Bertz CT molecular complexity index is 601. The van der Waals surface area contributed by atoms with Gasteiger partial charge in [0, 0.05) is 45.6 Å². The number of rotatable bonds is 3. The Morgan fingerprint density at radius 2 is 1.76 bits per heavy atom. The molecule has 136 valence electrons. The number of carbonyl (C=O) groups is 2. The highest BCUT2D eigenvalue weighted by molar-refractivity contribution is 5.81. The largest absolute Gasteiger partial charge is 0.339 e. The second kappa shape index (κ2) is 7.85. The molecule has 1 aromatic rings. The summed E-state index contributed by atoms with van der Waals surface area (Å²) in [6, 6.07) is 4.00. The van der Waals surface area contributed by atoms with E-state index in [1.165, 1.54) is 0 Å². The molecular weight excluding hydrogens is 316 g/mol. The minimum atomic E-state index is -0.102. The van der Waals surface area contributed by atoms with E-state index in [-0.39, 0.29) is 23.9 Å². The molecule has 0 bridgehead atoms. The first-order valence-corrected chi connectivity index (χ1v) is 9.28. The smallest absolute Gasteiger partial charge is 0.320 e. The van der Waals surface area contributed by atoms with E-state index >= 15 is 0 Å². The fraction of sp³-hybridized carbons (Fsp3) is 0.632. The predicted molar refractivity (Wildman–Crippen MR) is 95.9 cm³/mol. The van der Waals surface area contributed by atoms with Crippen LogP contribution in [0.4, 0.5) is 4.79 Å². The molecule has 6 nitrogen and oxygen atoms in total. The van der Waals surface area contributed by atoms with E-state index in [2.05, 4.69) is 4.98 Å². The van der Waals surface area contributed by atoms with Gasteiger partial charge in [0.15, 0.2) is 0 Å². The maximum Gasteiger partial charge on any atom is 0.320 e. The zero-order valence-electron chi connectivity index (χ0n) is 15.2. The molecule has 0 radical (unpaired) electrons. The van der Waals surface area contributed by atoms with E-state index in [0.29, 0.717) is 6.54 Å². The Kier molecular flexibility index (Phi) is 5.56. The zero-order valence-corrected chi connectivity index (χ0v) is 15.2. The number of carbonyl (C=O) groups excluding carboxylic acids is 2. The van der Waals surface area contributed by atoms with Gasteiger partial charge in [-0.1, -0.05) is 0 Å². The van der Waals surface area contributed by atoms with Crippen LogP contribution < -0.4 is 0 Å². The van der Waals surface area contributed by atoms with E-state index < -0.39 is 0 Å². The first-order valence-electron chi connectivity index (χ1n) is 9.28. The van der Waals surface area contributed by atoms with Crippen LogP contribution in [0.3, 0.4) is 0 Å². The summed E-state index contributed by atoms with van der Waals surface area (Å²) in [5.74, 6) is 0.0258. The summed E-state index contributed by atoms with van der Waals surface area (Å²) >= 11 is 0. The Morgan fingerprint density at radius 3 is 2.44 bits per heavy atom. The molecule has 0 aliphatic carbocycles. The SMILES string of the molecule is CC(c1ccncc1)N(C)C(=O)C1CCCN(C(=O)N2CCCC2)C1. The van der Waals surface area contributed by atoms with Crippen LogP contribution in [0.2, 0.25) is 0 Å². The van der Waals surface area contributed by atoms with Crippen LogP contribution in [0.15, 0.2) is 24.5 Å². The molecule has 3 rings (SSSR count). The Labute approximate surface area is 149 Å². The Morgan fingerprint density at radius 1 is 1.12 bits per heavy atom. The quantitative estimate of drug-likeness (QED) is 0.847. The summed E-state index contributed by atoms with van der Waals surface area (Å²) in [4.78, 5) is 35.2. The molecular formula is C19H28N4O2. The Balaban J connectivity index is 1.62. The van der Waals surface area contributed by atoms with Gasteiger partial charge in [-0.2, -0.15) is 0 Å². The second-order valence-electron chi connectivity index (χ2n) is 7.17.